The SMILES string of the molecule is CCN(CC)C(CNC(=O)CCn1c(-c2cccc(C)c2)n[nH]c1=S)Cc1ccccc1. The number of nitrogens with one attached hydrogen (secondary N) is 2. The number of benzene rings is 2. The number of hydrogen-bond acceptors (Lipinski definition) is 4. The average molecular weight is 452 g/mol. The van der Waals surface area contributed by atoms with Gasteiger partial charge >= 0.3 is 0 Å². The molecule has 170 valence electrons. The monoisotopic (exact) mass is 451 g/mol. The Balaban J connectivity index is 1.61. The van der Waals surface area contributed by atoms with Crippen LogP contribution in [0.5, 0.6) is 0 Å². The average Bonchev–Trinajstić information content (AvgIpc) is 3.17. The molecule has 3 rings (SSSR count). The molecule has 2 N–H and O–H groups in total. The van der Waals surface area contributed by atoms with Gasteiger partial charge in [0.2, 0.25) is 5.91 Å². The zero-order valence-electron chi connectivity index (χ0n) is 19.2. The molecular weight excluding hydrogens is 418 g/mol. The maximum absolute atomic E-state index is 12.7. The first-order valence-electron chi connectivity index (χ1n) is 11.3. The van der Waals surface area contributed by atoms with Crippen LogP contribution >= 0.6 is 12.2 Å². The Bertz CT molecular complexity index is 1060. The number of H-pyrrole nitrogens is 1. The van der Waals surface area contributed by atoms with E-state index in [1.54, 1.807) is 0 Å². The van der Waals surface area contributed by atoms with Crippen molar-refractivity contribution in [3.63, 3.8) is 0 Å². The number of amides is 1. The smallest absolute Gasteiger partial charge is 0.221 e. The minimum absolute atomic E-state index is 0.0218. The number of aromatic nitrogens is 3. The summed E-state index contributed by atoms with van der Waals surface area (Å²) in [6, 6.07) is 18.8. The highest BCUT2D eigenvalue weighted by Gasteiger charge is 2.18. The molecule has 0 aliphatic heterocycles. The molecule has 1 atom stereocenters. The Labute approximate surface area is 195 Å². The van der Waals surface area contributed by atoms with Crippen LogP contribution in [0.15, 0.2) is 54.6 Å². The highest BCUT2D eigenvalue weighted by atomic mass is 32.1. The van der Waals surface area contributed by atoms with Gasteiger partial charge in [0.1, 0.15) is 0 Å². The fraction of sp³-hybridized carbons (Fsp3) is 0.400. The molecular formula is C25H33N5OS. The number of aryl methyl sites for hydroxylation is 1. The summed E-state index contributed by atoms with van der Waals surface area (Å²) in [5.41, 5.74) is 3.43. The third-order valence-corrected chi connectivity index (χ3v) is 6.09. The van der Waals surface area contributed by atoms with Crippen LogP contribution < -0.4 is 5.32 Å². The van der Waals surface area contributed by atoms with E-state index in [1.165, 1.54) is 5.56 Å². The topological polar surface area (TPSA) is 66.0 Å². The molecule has 1 amide bonds. The number of likely N-dealkylation sites (N-methyl/N-ethyl adjacent to an activating group) is 1. The summed E-state index contributed by atoms with van der Waals surface area (Å²) in [6.07, 6.45) is 1.26. The van der Waals surface area contributed by atoms with Crippen LogP contribution in [0, 0.1) is 11.7 Å². The third-order valence-electron chi connectivity index (χ3n) is 5.77. The summed E-state index contributed by atoms with van der Waals surface area (Å²) >= 11 is 5.41. The molecule has 2 aromatic carbocycles. The lowest BCUT2D eigenvalue weighted by Crippen LogP contribution is -2.45. The molecule has 0 saturated heterocycles. The fourth-order valence-corrected chi connectivity index (χ4v) is 4.24. The summed E-state index contributed by atoms with van der Waals surface area (Å²) in [6.45, 7) is 9.38. The van der Waals surface area contributed by atoms with Crippen LogP contribution in [0.3, 0.4) is 0 Å². The van der Waals surface area contributed by atoms with Crippen molar-refractivity contribution in [3.05, 3.63) is 70.5 Å². The minimum Gasteiger partial charge on any atom is -0.354 e. The van der Waals surface area contributed by atoms with Crippen molar-refractivity contribution in [1.82, 2.24) is 25.0 Å². The van der Waals surface area contributed by atoms with Crippen LogP contribution in [0.4, 0.5) is 0 Å². The van der Waals surface area contributed by atoms with Gasteiger partial charge < -0.3 is 5.32 Å². The van der Waals surface area contributed by atoms with Crippen LogP contribution in [-0.4, -0.2) is 51.2 Å². The van der Waals surface area contributed by atoms with E-state index < -0.39 is 0 Å². The number of hydrogen-bond donors (Lipinski definition) is 2. The summed E-state index contributed by atoms with van der Waals surface area (Å²) in [5, 5.41) is 10.4. The van der Waals surface area contributed by atoms with Gasteiger partial charge in [0.25, 0.3) is 0 Å². The van der Waals surface area contributed by atoms with Crippen molar-refractivity contribution in [3.8, 4) is 11.4 Å². The van der Waals surface area contributed by atoms with Crippen LogP contribution in [0.1, 0.15) is 31.4 Å². The molecule has 0 spiro atoms. The van der Waals surface area contributed by atoms with Gasteiger partial charge in [-0.3, -0.25) is 19.4 Å². The van der Waals surface area contributed by atoms with Gasteiger partial charge in [0.05, 0.1) is 0 Å². The summed E-state index contributed by atoms with van der Waals surface area (Å²) in [4.78, 5) is 15.1. The van der Waals surface area contributed by atoms with Gasteiger partial charge in [0.15, 0.2) is 10.6 Å². The maximum atomic E-state index is 12.7. The van der Waals surface area contributed by atoms with E-state index in [0.29, 0.717) is 24.3 Å². The predicted octanol–water partition coefficient (Wildman–Crippen LogP) is 4.38. The second kappa shape index (κ2) is 11.7. The number of aromatic amines is 1. The second-order valence-corrected chi connectivity index (χ2v) is 8.38. The van der Waals surface area contributed by atoms with E-state index in [4.69, 9.17) is 12.2 Å². The van der Waals surface area contributed by atoms with Crippen molar-refractivity contribution in [2.24, 2.45) is 0 Å². The number of nitrogens with zero attached hydrogens (tertiary/aromatic N) is 3. The lowest BCUT2D eigenvalue weighted by Gasteiger charge is -2.30. The van der Waals surface area contributed by atoms with Crippen molar-refractivity contribution in [1.29, 1.82) is 0 Å². The standard InChI is InChI=1S/C25H33N5OS/c1-4-29(5-2)22(17-20-11-7-6-8-12-20)18-26-23(31)14-15-30-24(27-28-25(30)32)21-13-9-10-19(3)16-21/h6-13,16,22H,4-5,14-15,17-18H2,1-3H3,(H,26,31)(H,28,32). The Hall–Kier alpha value is -2.77. The van der Waals surface area contributed by atoms with E-state index in [2.05, 4.69) is 64.6 Å². The van der Waals surface area contributed by atoms with Gasteiger partial charge in [-0.2, -0.15) is 5.10 Å². The van der Waals surface area contributed by atoms with Crippen LogP contribution in [0.25, 0.3) is 11.4 Å². The minimum atomic E-state index is 0.0218. The van der Waals surface area contributed by atoms with Crippen molar-refractivity contribution >= 4 is 18.1 Å². The van der Waals surface area contributed by atoms with E-state index >= 15 is 0 Å². The largest absolute Gasteiger partial charge is 0.354 e. The zero-order chi connectivity index (χ0) is 22.9. The summed E-state index contributed by atoms with van der Waals surface area (Å²) < 4.78 is 2.43. The molecule has 3 aromatic rings. The highest BCUT2D eigenvalue weighted by Crippen LogP contribution is 2.19. The molecule has 0 bridgehead atoms. The first kappa shape index (κ1) is 23.9. The molecule has 0 aliphatic carbocycles. The lowest BCUT2D eigenvalue weighted by atomic mass is 10.0. The Kier molecular flexibility index (Phi) is 8.76. The molecule has 0 radical (unpaired) electrons. The molecule has 7 heteroatoms. The predicted molar refractivity (Wildman–Crippen MR) is 132 cm³/mol. The van der Waals surface area contributed by atoms with Gasteiger partial charge in [-0.25, -0.2) is 0 Å². The lowest BCUT2D eigenvalue weighted by molar-refractivity contribution is -0.121. The number of carbonyl (C=O) groups excluding carboxylic acids is 1. The molecule has 0 fully saturated rings. The first-order chi connectivity index (χ1) is 15.5. The third kappa shape index (κ3) is 6.37. The van der Waals surface area contributed by atoms with Gasteiger partial charge in [-0.1, -0.05) is 67.9 Å². The molecule has 1 heterocycles. The Morgan fingerprint density at radius 3 is 2.59 bits per heavy atom. The molecule has 0 aliphatic rings. The Morgan fingerprint density at radius 2 is 1.91 bits per heavy atom. The molecule has 6 nitrogen and oxygen atoms in total. The van der Waals surface area contributed by atoms with E-state index in [9.17, 15) is 4.79 Å². The van der Waals surface area contributed by atoms with Crippen molar-refractivity contribution < 1.29 is 4.79 Å². The van der Waals surface area contributed by atoms with E-state index in [0.717, 1.165) is 36.5 Å². The van der Waals surface area contributed by atoms with Crippen molar-refractivity contribution in [2.45, 2.75) is 46.2 Å². The normalized spacial score (nSPS) is 12.1. The molecule has 1 unspecified atom stereocenters. The van der Waals surface area contributed by atoms with Gasteiger partial charge in [-0.15, -0.1) is 0 Å². The van der Waals surface area contributed by atoms with Crippen LogP contribution in [-0.2, 0) is 17.8 Å². The fourth-order valence-electron chi connectivity index (χ4n) is 4.02. The number of rotatable bonds is 11. The molecule has 1 aromatic heterocycles. The van der Waals surface area contributed by atoms with E-state index in [-0.39, 0.29) is 11.9 Å². The van der Waals surface area contributed by atoms with Crippen molar-refractivity contribution in [2.75, 3.05) is 19.6 Å². The maximum Gasteiger partial charge on any atom is 0.221 e. The summed E-state index contributed by atoms with van der Waals surface area (Å²) in [7, 11) is 0. The number of carbonyl (C=O) groups is 1. The highest BCUT2D eigenvalue weighted by molar-refractivity contribution is 7.71. The molecule has 0 saturated carbocycles. The quantitative estimate of drug-likeness (QED) is 0.425. The summed E-state index contributed by atoms with van der Waals surface area (Å²) in [5.74, 6) is 0.783. The van der Waals surface area contributed by atoms with Gasteiger partial charge in [-0.05, 0) is 50.3 Å². The second-order valence-electron chi connectivity index (χ2n) is 7.99. The van der Waals surface area contributed by atoms with Crippen LogP contribution in [0.2, 0.25) is 0 Å². The van der Waals surface area contributed by atoms with Gasteiger partial charge in [0, 0.05) is 31.1 Å². The zero-order valence-corrected chi connectivity index (χ0v) is 20.0. The molecule has 32 heavy (non-hydrogen) atoms. The van der Waals surface area contributed by atoms with E-state index in [1.807, 2.05) is 35.8 Å². The Morgan fingerprint density at radius 1 is 1.16 bits per heavy atom. The first-order valence-corrected chi connectivity index (χ1v) is 11.7.